The predicted octanol–water partition coefficient (Wildman–Crippen LogP) is 3.68. The SMILES string of the molecule is CC(C)(C)OC(=O)N[C@@H](Cc1ccc(C2CCC(C=O)CC2)cc1)C(=O)O. The number of ether oxygens (including phenoxy) is 1. The Bertz CT molecular complexity index is 654. The maximum atomic E-state index is 11.9. The van der Waals surface area contributed by atoms with Crippen molar-refractivity contribution in [2.75, 3.05) is 0 Å². The van der Waals surface area contributed by atoms with Gasteiger partial charge in [0, 0.05) is 12.3 Å². The van der Waals surface area contributed by atoms with E-state index in [0.717, 1.165) is 37.5 Å². The molecule has 1 fully saturated rings. The van der Waals surface area contributed by atoms with Crippen molar-refractivity contribution in [3.63, 3.8) is 0 Å². The highest BCUT2D eigenvalue weighted by Crippen LogP contribution is 2.35. The first-order chi connectivity index (χ1) is 12.7. The van der Waals surface area contributed by atoms with E-state index in [4.69, 9.17) is 4.74 Å². The van der Waals surface area contributed by atoms with Crippen molar-refractivity contribution in [2.45, 2.75) is 70.4 Å². The molecule has 1 saturated carbocycles. The lowest BCUT2D eigenvalue weighted by Gasteiger charge is -2.26. The molecule has 1 aliphatic rings. The van der Waals surface area contributed by atoms with E-state index >= 15 is 0 Å². The molecule has 1 amide bonds. The van der Waals surface area contributed by atoms with Gasteiger partial charge in [-0.25, -0.2) is 9.59 Å². The second-order valence-corrected chi connectivity index (χ2v) is 8.23. The Labute approximate surface area is 160 Å². The van der Waals surface area contributed by atoms with Crippen LogP contribution in [0, 0.1) is 5.92 Å². The fourth-order valence-corrected chi connectivity index (χ4v) is 3.40. The second-order valence-electron chi connectivity index (χ2n) is 8.23. The first-order valence-corrected chi connectivity index (χ1v) is 9.44. The van der Waals surface area contributed by atoms with E-state index in [1.165, 1.54) is 5.56 Å². The molecule has 0 aliphatic heterocycles. The zero-order chi connectivity index (χ0) is 20.0. The van der Waals surface area contributed by atoms with E-state index in [-0.39, 0.29) is 12.3 Å². The number of carboxylic acids is 1. The van der Waals surface area contributed by atoms with Crippen LogP contribution in [-0.4, -0.2) is 35.1 Å². The largest absolute Gasteiger partial charge is 0.480 e. The van der Waals surface area contributed by atoms with Gasteiger partial charge in [0.1, 0.15) is 17.9 Å². The molecule has 148 valence electrons. The van der Waals surface area contributed by atoms with E-state index < -0.39 is 23.7 Å². The van der Waals surface area contributed by atoms with Crippen LogP contribution >= 0.6 is 0 Å². The summed E-state index contributed by atoms with van der Waals surface area (Å²) in [6, 6.07) is 6.82. The smallest absolute Gasteiger partial charge is 0.408 e. The lowest BCUT2D eigenvalue weighted by molar-refractivity contribution is -0.139. The molecule has 1 aliphatic carbocycles. The first-order valence-electron chi connectivity index (χ1n) is 9.44. The van der Waals surface area contributed by atoms with Gasteiger partial charge in [0.15, 0.2) is 0 Å². The third-order valence-corrected chi connectivity index (χ3v) is 4.84. The number of alkyl carbamates (subject to hydrolysis) is 1. The molecule has 2 rings (SSSR count). The van der Waals surface area contributed by atoms with Gasteiger partial charge in [0.05, 0.1) is 0 Å². The van der Waals surface area contributed by atoms with Crippen LogP contribution in [0.15, 0.2) is 24.3 Å². The molecular formula is C21H29NO5. The Morgan fingerprint density at radius 3 is 2.26 bits per heavy atom. The van der Waals surface area contributed by atoms with E-state index in [2.05, 4.69) is 5.32 Å². The maximum absolute atomic E-state index is 11.9. The van der Waals surface area contributed by atoms with Gasteiger partial charge in [0.25, 0.3) is 0 Å². The van der Waals surface area contributed by atoms with E-state index in [1.54, 1.807) is 20.8 Å². The van der Waals surface area contributed by atoms with Crippen LogP contribution in [0.5, 0.6) is 0 Å². The third kappa shape index (κ3) is 6.70. The van der Waals surface area contributed by atoms with Gasteiger partial charge in [-0.3, -0.25) is 0 Å². The summed E-state index contributed by atoms with van der Waals surface area (Å²) in [6.45, 7) is 5.18. The number of amides is 1. The average Bonchev–Trinajstić information content (AvgIpc) is 2.60. The fourth-order valence-electron chi connectivity index (χ4n) is 3.40. The highest BCUT2D eigenvalue weighted by atomic mass is 16.6. The molecule has 1 aromatic rings. The Kier molecular flexibility index (Phi) is 6.99. The average molecular weight is 375 g/mol. The van der Waals surface area contributed by atoms with E-state index in [1.807, 2.05) is 24.3 Å². The molecule has 0 spiro atoms. The molecular weight excluding hydrogens is 346 g/mol. The van der Waals surface area contributed by atoms with Gasteiger partial charge in [-0.15, -0.1) is 0 Å². The van der Waals surface area contributed by atoms with Gasteiger partial charge < -0.3 is 20.0 Å². The summed E-state index contributed by atoms with van der Waals surface area (Å²) < 4.78 is 5.13. The minimum Gasteiger partial charge on any atom is -0.480 e. The molecule has 6 nitrogen and oxygen atoms in total. The number of aldehydes is 1. The van der Waals surface area contributed by atoms with Crippen molar-refractivity contribution in [3.05, 3.63) is 35.4 Å². The number of hydrogen-bond acceptors (Lipinski definition) is 4. The predicted molar refractivity (Wildman–Crippen MR) is 102 cm³/mol. The number of benzene rings is 1. The number of carbonyl (C=O) groups is 3. The van der Waals surface area contributed by atoms with Gasteiger partial charge in [-0.2, -0.15) is 0 Å². The van der Waals surface area contributed by atoms with Gasteiger partial charge in [0.2, 0.25) is 0 Å². The zero-order valence-electron chi connectivity index (χ0n) is 16.2. The number of aliphatic carboxylic acids is 1. The molecule has 0 bridgehead atoms. The summed E-state index contributed by atoms with van der Waals surface area (Å²) in [4.78, 5) is 34.2. The molecule has 0 saturated heterocycles. The molecule has 1 aromatic carbocycles. The Morgan fingerprint density at radius 2 is 1.78 bits per heavy atom. The van der Waals surface area contributed by atoms with Crippen LogP contribution in [0.4, 0.5) is 4.79 Å². The minimum atomic E-state index is -1.10. The number of carbonyl (C=O) groups excluding carboxylic acids is 2. The second kappa shape index (κ2) is 9.02. The van der Waals surface area contributed by atoms with E-state index in [0.29, 0.717) is 5.92 Å². The molecule has 0 aromatic heterocycles. The van der Waals surface area contributed by atoms with Crippen molar-refractivity contribution >= 4 is 18.3 Å². The van der Waals surface area contributed by atoms with Gasteiger partial charge in [-0.1, -0.05) is 24.3 Å². The Hall–Kier alpha value is -2.37. The van der Waals surface area contributed by atoms with Crippen LogP contribution in [0.2, 0.25) is 0 Å². The number of rotatable bonds is 6. The maximum Gasteiger partial charge on any atom is 0.408 e. The van der Waals surface area contributed by atoms with Crippen LogP contribution in [0.3, 0.4) is 0 Å². The summed E-state index contributed by atoms with van der Waals surface area (Å²) in [7, 11) is 0. The number of hydrogen-bond donors (Lipinski definition) is 2. The molecule has 0 heterocycles. The summed E-state index contributed by atoms with van der Waals surface area (Å²) in [5.74, 6) is -0.460. The topological polar surface area (TPSA) is 92.7 Å². The lowest BCUT2D eigenvalue weighted by Crippen LogP contribution is -2.44. The Morgan fingerprint density at radius 1 is 1.19 bits per heavy atom. The quantitative estimate of drug-likeness (QED) is 0.740. The standard InChI is InChI=1S/C21H29NO5/c1-21(2,3)27-20(26)22-18(19(24)25)12-14-4-8-16(9-5-14)17-10-6-15(13-23)7-11-17/h4-5,8-9,13,15,17-18H,6-7,10-12H2,1-3H3,(H,22,26)(H,24,25)/t15?,17?,18-/m0/s1. The van der Waals surface area contributed by atoms with Gasteiger partial charge >= 0.3 is 12.1 Å². The summed E-state index contributed by atoms with van der Waals surface area (Å²) in [6.07, 6.45) is 4.36. The number of nitrogens with one attached hydrogen (secondary N) is 1. The molecule has 6 heteroatoms. The molecule has 0 unspecified atom stereocenters. The number of carboxylic acid groups (broad SMARTS) is 1. The van der Waals surface area contributed by atoms with Crippen molar-refractivity contribution in [1.82, 2.24) is 5.32 Å². The van der Waals surface area contributed by atoms with Crippen LogP contribution in [-0.2, 0) is 20.7 Å². The third-order valence-electron chi connectivity index (χ3n) is 4.84. The lowest BCUT2D eigenvalue weighted by atomic mass is 9.79. The summed E-state index contributed by atoms with van der Waals surface area (Å²) in [5.41, 5.74) is 1.37. The molecule has 2 N–H and O–H groups in total. The molecule has 0 radical (unpaired) electrons. The molecule has 1 atom stereocenters. The van der Waals surface area contributed by atoms with Crippen molar-refractivity contribution in [3.8, 4) is 0 Å². The van der Waals surface area contributed by atoms with Gasteiger partial charge in [-0.05, 0) is 63.5 Å². The molecule has 27 heavy (non-hydrogen) atoms. The zero-order valence-corrected chi connectivity index (χ0v) is 16.2. The monoisotopic (exact) mass is 375 g/mol. The normalized spacial score (nSPS) is 21.1. The fraction of sp³-hybridized carbons (Fsp3) is 0.571. The van der Waals surface area contributed by atoms with Crippen LogP contribution < -0.4 is 5.32 Å². The highest BCUT2D eigenvalue weighted by molar-refractivity contribution is 5.80. The minimum absolute atomic E-state index is 0.187. The van der Waals surface area contributed by atoms with E-state index in [9.17, 15) is 19.5 Å². The van der Waals surface area contributed by atoms with Crippen molar-refractivity contribution in [1.29, 1.82) is 0 Å². The summed E-state index contributed by atoms with van der Waals surface area (Å²) >= 11 is 0. The first kappa shape index (κ1) is 20.9. The Balaban J connectivity index is 1.95. The highest BCUT2D eigenvalue weighted by Gasteiger charge is 2.25. The van der Waals surface area contributed by atoms with Crippen LogP contribution in [0.1, 0.15) is 63.5 Å². The summed E-state index contributed by atoms with van der Waals surface area (Å²) in [5, 5.41) is 11.8. The van der Waals surface area contributed by atoms with Crippen molar-refractivity contribution in [2.24, 2.45) is 5.92 Å². The van der Waals surface area contributed by atoms with Crippen molar-refractivity contribution < 1.29 is 24.2 Å². The van der Waals surface area contributed by atoms with Crippen LogP contribution in [0.25, 0.3) is 0 Å².